The fourth-order valence-electron chi connectivity index (χ4n) is 0.988. The molecule has 0 N–H and O–H groups in total. The zero-order valence-electron chi connectivity index (χ0n) is 7.87. The average molecular weight is 211 g/mol. The predicted octanol–water partition coefficient (Wildman–Crippen LogP) is 1.12. The molecule has 0 bridgehead atoms. The molecule has 0 radical (unpaired) electrons. The van der Waals surface area contributed by atoms with Crippen molar-refractivity contribution in [3.63, 3.8) is 0 Å². The van der Waals surface area contributed by atoms with Crippen LogP contribution in [0.15, 0.2) is 0 Å². The quantitative estimate of drug-likeness (QED) is 0.641. The Balaban J connectivity index is 0.00000144. The molecule has 1 saturated heterocycles. The Morgan fingerprint density at radius 3 is 2.69 bits per heavy atom. The molecule has 0 aromatic rings. The number of rotatable bonds is 2. The van der Waals surface area contributed by atoms with E-state index in [9.17, 15) is 4.79 Å². The molecule has 5 heteroatoms. The number of esters is 1. The van der Waals surface area contributed by atoms with E-state index < -0.39 is 5.79 Å². The average Bonchev–Trinajstić information content (AvgIpc) is 2.05. The van der Waals surface area contributed by atoms with E-state index >= 15 is 0 Å². The van der Waals surface area contributed by atoms with Crippen LogP contribution >= 0.6 is 12.4 Å². The lowest BCUT2D eigenvalue weighted by Crippen LogP contribution is -2.44. The van der Waals surface area contributed by atoms with Gasteiger partial charge in [-0.1, -0.05) is 6.92 Å². The van der Waals surface area contributed by atoms with E-state index in [1.807, 2.05) is 0 Å². The van der Waals surface area contributed by atoms with E-state index in [1.54, 1.807) is 13.8 Å². The number of hydrogen-bond donors (Lipinski definition) is 0. The Kier molecular flexibility index (Phi) is 5.29. The molecule has 1 atom stereocenters. The van der Waals surface area contributed by atoms with Crippen molar-refractivity contribution in [3.05, 3.63) is 0 Å². The smallest absolute Gasteiger partial charge is 0.308 e. The minimum atomic E-state index is -0.870. The first-order valence-corrected chi connectivity index (χ1v) is 4.10. The highest BCUT2D eigenvalue weighted by Gasteiger charge is 2.32. The maximum atomic E-state index is 10.9. The van der Waals surface area contributed by atoms with Gasteiger partial charge in [-0.15, -0.1) is 12.4 Å². The van der Waals surface area contributed by atoms with Gasteiger partial charge >= 0.3 is 5.97 Å². The number of carbonyl (C=O) groups excluding carboxylic acids is 1. The second-order valence-corrected chi connectivity index (χ2v) is 2.86. The topological polar surface area (TPSA) is 44.8 Å². The third-order valence-electron chi connectivity index (χ3n) is 1.62. The van der Waals surface area contributed by atoms with Gasteiger partial charge in [0, 0.05) is 13.3 Å². The molecular formula is C8H15ClO4. The van der Waals surface area contributed by atoms with Crippen molar-refractivity contribution >= 4 is 18.4 Å². The molecular weight excluding hydrogens is 196 g/mol. The zero-order valence-corrected chi connectivity index (χ0v) is 8.69. The molecule has 13 heavy (non-hydrogen) atoms. The monoisotopic (exact) mass is 210 g/mol. The predicted molar refractivity (Wildman–Crippen MR) is 48.8 cm³/mol. The van der Waals surface area contributed by atoms with Gasteiger partial charge in [0.1, 0.15) is 6.61 Å². The number of ether oxygens (including phenoxy) is 3. The van der Waals surface area contributed by atoms with Crippen LogP contribution in [0.4, 0.5) is 0 Å². The summed E-state index contributed by atoms with van der Waals surface area (Å²) < 4.78 is 15.4. The Labute approximate surface area is 83.9 Å². The lowest BCUT2D eigenvalue weighted by molar-refractivity contribution is -0.270. The van der Waals surface area contributed by atoms with E-state index in [0.717, 1.165) is 0 Å². The highest BCUT2D eigenvalue weighted by molar-refractivity contribution is 5.85. The van der Waals surface area contributed by atoms with E-state index in [1.165, 1.54) is 0 Å². The molecule has 0 aromatic heterocycles. The molecule has 1 aliphatic rings. The minimum Gasteiger partial charge on any atom is -0.431 e. The van der Waals surface area contributed by atoms with Gasteiger partial charge in [0.2, 0.25) is 5.79 Å². The Hall–Kier alpha value is -0.320. The zero-order chi connectivity index (χ0) is 9.03. The Morgan fingerprint density at radius 2 is 2.23 bits per heavy atom. The van der Waals surface area contributed by atoms with Gasteiger partial charge in [0.25, 0.3) is 0 Å². The third-order valence-corrected chi connectivity index (χ3v) is 1.62. The minimum absolute atomic E-state index is 0. The first-order chi connectivity index (χ1) is 5.66. The van der Waals surface area contributed by atoms with E-state index in [-0.39, 0.29) is 18.4 Å². The molecule has 1 unspecified atom stereocenters. The summed E-state index contributed by atoms with van der Waals surface area (Å²) >= 11 is 0. The van der Waals surface area contributed by atoms with E-state index in [2.05, 4.69) is 0 Å². The molecule has 0 amide bonds. The van der Waals surface area contributed by atoms with Gasteiger partial charge in [-0.2, -0.15) is 0 Å². The van der Waals surface area contributed by atoms with E-state index in [4.69, 9.17) is 14.2 Å². The van der Waals surface area contributed by atoms with E-state index in [0.29, 0.717) is 26.2 Å². The van der Waals surface area contributed by atoms with Gasteiger partial charge in [-0.3, -0.25) is 4.79 Å². The summed E-state index contributed by atoms with van der Waals surface area (Å²) in [6, 6.07) is 0. The van der Waals surface area contributed by atoms with Gasteiger partial charge < -0.3 is 14.2 Å². The van der Waals surface area contributed by atoms with Crippen molar-refractivity contribution in [3.8, 4) is 0 Å². The van der Waals surface area contributed by atoms with Gasteiger partial charge in [0.15, 0.2) is 0 Å². The van der Waals surface area contributed by atoms with Crippen molar-refractivity contribution in [2.45, 2.75) is 26.1 Å². The molecule has 0 aliphatic carbocycles. The summed E-state index contributed by atoms with van der Waals surface area (Å²) in [5.74, 6) is -1.13. The highest BCUT2D eigenvalue weighted by Crippen LogP contribution is 2.17. The largest absolute Gasteiger partial charge is 0.431 e. The second kappa shape index (κ2) is 5.42. The molecule has 1 aliphatic heterocycles. The maximum absolute atomic E-state index is 10.9. The van der Waals surface area contributed by atoms with Crippen LogP contribution in [0, 0.1) is 0 Å². The molecule has 1 heterocycles. The normalized spacial score (nSPS) is 27.5. The fraction of sp³-hybridized carbons (Fsp3) is 0.875. The molecule has 1 rings (SSSR count). The van der Waals surface area contributed by atoms with Crippen LogP contribution in [-0.4, -0.2) is 31.6 Å². The van der Waals surface area contributed by atoms with Crippen LogP contribution in [0.5, 0.6) is 0 Å². The SMILES string of the molecule is CCC(=O)OC1(C)COCCO1.Cl. The molecule has 0 saturated carbocycles. The third kappa shape index (κ3) is 3.93. The number of carbonyl (C=O) groups is 1. The molecule has 0 spiro atoms. The molecule has 1 fully saturated rings. The van der Waals surface area contributed by atoms with Gasteiger partial charge in [-0.25, -0.2) is 0 Å². The summed E-state index contributed by atoms with van der Waals surface area (Å²) in [4.78, 5) is 10.9. The summed E-state index contributed by atoms with van der Waals surface area (Å²) in [7, 11) is 0. The Bertz CT molecular complexity index is 166. The number of hydrogen-bond acceptors (Lipinski definition) is 4. The van der Waals surface area contributed by atoms with Crippen LogP contribution in [-0.2, 0) is 19.0 Å². The second-order valence-electron chi connectivity index (χ2n) is 2.86. The summed E-state index contributed by atoms with van der Waals surface area (Å²) in [6.07, 6.45) is 0.360. The van der Waals surface area contributed by atoms with Crippen molar-refractivity contribution in [2.24, 2.45) is 0 Å². The lowest BCUT2D eigenvalue weighted by Gasteiger charge is -2.32. The van der Waals surface area contributed by atoms with Gasteiger partial charge in [0.05, 0.1) is 13.2 Å². The lowest BCUT2D eigenvalue weighted by atomic mass is 10.3. The van der Waals surface area contributed by atoms with Crippen LogP contribution < -0.4 is 0 Å². The molecule has 4 nitrogen and oxygen atoms in total. The van der Waals surface area contributed by atoms with Crippen LogP contribution in [0.25, 0.3) is 0 Å². The Morgan fingerprint density at radius 1 is 1.54 bits per heavy atom. The van der Waals surface area contributed by atoms with Crippen LogP contribution in [0.3, 0.4) is 0 Å². The summed E-state index contributed by atoms with van der Waals surface area (Å²) in [5.41, 5.74) is 0. The van der Waals surface area contributed by atoms with Crippen molar-refractivity contribution in [1.82, 2.24) is 0 Å². The molecule has 0 aromatic carbocycles. The number of halogens is 1. The van der Waals surface area contributed by atoms with Crippen molar-refractivity contribution < 1.29 is 19.0 Å². The van der Waals surface area contributed by atoms with Crippen LogP contribution in [0.1, 0.15) is 20.3 Å². The fourth-order valence-corrected chi connectivity index (χ4v) is 0.988. The summed E-state index contributed by atoms with van der Waals surface area (Å²) in [5, 5.41) is 0. The maximum Gasteiger partial charge on any atom is 0.308 e. The standard InChI is InChI=1S/C8H14O4.ClH/c1-3-7(9)12-8(2)6-10-4-5-11-8;/h3-6H2,1-2H3;1H. The highest BCUT2D eigenvalue weighted by atomic mass is 35.5. The first-order valence-electron chi connectivity index (χ1n) is 4.10. The van der Waals surface area contributed by atoms with Gasteiger partial charge in [-0.05, 0) is 0 Å². The summed E-state index contributed by atoms with van der Waals surface area (Å²) in [6.45, 7) is 4.82. The van der Waals surface area contributed by atoms with Crippen LogP contribution in [0.2, 0.25) is 0 Å². The first kappa shape index (κ1) is 12.7. The molecule has 78 valence electrons. The van der Waals surface area contributed by atoms with Crippen molar-refractivity contribution in [1.29, 1.82) is 0 Å². The van der Waals surface area contributed by atoms with Crippen molar-refractivity contribution in [2.75, 3.05) is 19.8 Å².